The number of rotatable bonds is 3. The summed E-state index contributed by atoms with van der Waals surface area (Å²) in [5, 5.41) is 15.5. The molecule has 2 unspecified atom stereocenters. The lowest BCUT2D eigenvalue weighted by molar-refractivity contribution is -0.128. The van der Waals surface area contributed by atoms with Crippen molar-refractivity contribution in [1.29, 1.82) is 0 Å². The lowest BCUT2D eigenvalue weighted by Gasteiger charge is -2.32. The predicted molar refractivity (Wildman–Crippen MR) is 76.2 cm³/mol. The highest BCUT2D eigenvalue weighted by Crippen LogP contribution is 2.37. The van der Waals surface area contributed by atoms with Gasteiger partial charge in [0.25, 0.3) is 5.91 Å². The third kappa shape index (κ3) is 2.08. The molecule has 0 aromatic heterocycles. The summed E-state index contributed by atoms with van der Waals surface area (Å²) in [5.41, 5.74) is -0.428. The molecule has 21 heavy (non-hydrogen) atoms. The van der Waals surface area contributed by atoms with E-state index in [2.05, 4.69) is 10.6 Å². The van der Waals surface area contributed by atoms with Crippen LogP contribution in [0.2, 0.25) is 0 Å². The Labute approximate surface area is 121 Å². The van der Waals surface area contributed by atoms with Crippen molar-refractivity contribution < 1.29 is 14.7 Å². The van der Waals surface area contributed by atoms with E-state index in [9.17, 15) is 14.7 Å². The molecule has 1 fully saturated rings. The lowest BCUT2D eigenvalue weighted by Crippen LogP contribution is -2.49. The average Bonchev–Trinajstić information content (AvgIpc) is 2.84. The minimum atomic E-state index is -1.51. The van der Waals surface area contributed by atoms with Gasteiger partial charge in [0.1, 0.15) is 6.10 Å². The van der Waals surface area contributed by atoms with Crippen molar-refractivity contribution in [3.05, 3.63) is 71.8 Å². The van der Waals surface area contributed by atoms with Gasteiger partial charge in [-0.05, 0) is 11.1 Å². The van der Waals surface area contributed by atoms with Gasteiger partial charge in [0.05, 0.1) is 0 Å². The molecule has 0 spiro atoms. The largest absolute Gasteiger partial charge is 0.385 e. The zero-order valence-corrected chi connectivity index (χ0v) is 11.1. The Morgan fingerprint density at radius 3 is 2.00 bits per heavy atom. The molecule has 0 saturated carbocycles. The van der Waals surface area contributed by atoms with Gasteiger partial charge in [-0.3, -0.25) is 10.1 Å². The fourth-order valence-corrected chi connectivity index (χ4v) is 2.61. The Morgan fingerprint density at radius 2 is 1.48 bits per heavy atom. The van der Waals surface area contributed by atoms with Crippen LogP contribution in [0.15, 0.2) is 60.7 Å². The first kappa shape index (κ1) is 13.3. The van der Waals surface area contributed by atoms with E-state index in [4.69, 9.17) is 0 Å². The maximum atomic E-state index is 12.4. The highest BCUT2D eigenvalue weighted by molar-refractivity contribution is 6.08. The number of nitrogens with one attached hydrogen (secondary N) is 2. The van der Waals surface area contributed by atoms with E-state index in [-0.39, 0.29) is 0 Å². The molecule has 0 bridgehead atoms. The second-order valence-electron chi connectivity index (χ2n) is 4.90. The summed E-state index contributed by atoms with van der Waals surface area (Å²) in [4.78, 5) is 24.0. The minimum absolute atomic E-state index is 0.532. The fraction of sp³-hybridized carbons (Fsp3) is 0.125. The van der Waals surface area contributed by atoms with Gasteiger partial charge in [-0.2, -0.15) is 0 Å². The number of urea groups is 1. The smallest absolute Gasteiger partial charge is 0.322 e. The van der Waals surface area contributed by atoms with Crippen LogP contribution in [0.3, 0.4) is 0 Å². The molecule has 2 aromatic rings. The molecule has 106 valence electrons. The van der Waals surface area contributed by atoms with E-state index < -0.39 is 23.6 Å². The van der Waals surface area contributed by atoms with Crippen LogP contribution in [0.1, 0.15) is 17.2 Å². The van der Waals surface area contributed by atoms with E-state index >= 15 is 0 Å². The molecule has 5 nitrogen and oxygen atoms in total. The molecule has 3 amide bonds. The number of hydrogen-bond acceptors (Lipinski definition) is 3. The van der Waals surface area contributed by atoms with E-state index in [1.807, 2.05) is 6.07 Å². The standard InChI is InChI=1S/C16H14N2O3/c19-13(11-7-3-1-4-8-11)16(12-9-5-2-6-10-12)14(20)17-15(21)18-16/h1-10,13,19H,(H2,17,18,20,21). The van der Waals surface area contributed by atoms with E-state index in [0.29, 0.717) is 11.1 Å². The predicted octanol–water partition coefficient (Wildman–Crippen LogP) is 1.45. The minimum Gasteiger partial charge on any atom is -0.385 e. The second kappa shape index (κ2) is 5.03. The molecule has 5 heteroatoms. The lowest BCUT2D eigenvalue weighted by atomic mass is 9.81. The summed E-state index contributed by atoms with van der Waals surface area (Å²) in [7, 11) is 0. The highest BCUT2D eigenvalue weighted by atomic mass is 16.3. The SMILES string of the molecule is O=C1NC(=O)C(c2ccccc2)(C(O)c2ccccc2)N1. The molecule has 3 rings (SSSR count). The van der Waals surface area contributed by atoms with Crippen molar-refractivity contribution in [3.63, 3.8) is 0 Å². The molecule has 0 radical (unpaired) electrons. The number of carbonyl (C=O) groups excluding carboxylic acids is 2. The second-order valence-corrected chi connectivity index (χ2v) is 4.90. The number of aliphatic hydroxyl groups excluding tert-OH is 1. The Morgan fingerprint density at radius 1 is 0.905 bits per heavy atom. The van der Waals surface area contributed by atoms with Gasteiger partial charge in [-0.25, -0.2) is 4.79 Å². The number of amides is 3. The molecule has 1 heterocycles. The Kier molecular flexibility index (Phi) is 3.19. The van der Waals surface area contributed by atoms with Crippen molar-refractivity contribution in [3.8, 4) is 0 Å². The fourth-order valence-electron chi connectivity index (χ4n) is 2.61. The molecular weight excluding hydrogens is 268 g/mol. The number of aliphatic hydroxyl groups is 1. The molecule has 0 aliphatic carbocycles. The van der Waals surface area contributed by atoms with Gasteiger partial charge in [0.15, 0.2) is 5.54 Å². The first-order valence-electron chi connectivity index (χ1n) is 6.57. The molecule has 3 N–H and O–H groups in total. The van der Waals surface area contributed by atoms with Gasteiger partial charge in [0, 0.05) is 0 Å². The van der Waals surface area contributed by atoms with Crippen LogP contribution in [-0.2, 0) is 10.3 Å². The molecule has 1 aliphatic rings. The van der Waals surface area contributed by atoms with E-state index in [0.717, 1.165) is 0 Å². The van der Waals surface area contributed by atoms with Crippen molar-refractivity contribution in [2.45, 2.75) is 11.6 Å². The maximum absolute atomic E-state index is 12.4. The van der Waals surface area contributed by atoms with Gasteiger partial charge < -0.3 is 10.4 Å². The van der Waals surface area contributed by atoms with E-state index in [1.165, 1.54) is 0 Å². The number of carbonyl (C=O) groups is 2. The first-order valence-corrected chi connectivity index (χ1v) is 6.57. The normalized spacial score (nSPS) is 22.5. The zero-order valence-electron chi connectivity index (χ0n) is 11.1. The molecule has 2 aromatic carbocycles. The molecule has 1 aliphatic heterocycles. The summed E-state index contributed by atoms with van der Waals surface area (Å²) in [5.74, 6) is -0.560. The van der Waals surface area contributed by atoms with Crippen LogP contribution >= 0.6 is 0 Å². The summed E-state index contributed by atoms with van der Waals surface area (Å²) >= 11 is 0. The molecular formula is C16H14N2O3. The average molecular weight is 282 g/mol. The summed E-state index contributed by atoms with van der Waals surface area (Å²) in [6, 6.07) is 16.9. The third-order valence-corrected chi connectivity index (χ3v) is 3.65. The highest BCUT2D eigenvalue weighted by Gasteiger charge is 2.53. The van der Waals surface area contributed by atoms with Crippen molar-refractivity contribution in [2.75, 3.05) is 0 Å². The van der Waals surface area contributed by atoms with Gasteiger partial charge in [-0.15, -0.1) is 0 Å². The topological polar surface area (TPSA) is 78.4 Å². The Bertz CT molecular complexity index is 672. The van der Waals surface area contributed by atoms with Crippen molar-refractivity contribution in [1.82, 2.24) is 10.6 Å². The zero-order chi connectivity index (χ0) is 14.9. The van der Waals surface area contributed by atoms with Gasteiger partial charge >= 0.3 is 6.03 Å². The molecule has 1 saturated heterocycles. The van der Waals surface area contributed by atoms with Gasteiger partial charge in [0.2, 0.25) is 0 Å². The monoisotopic (exact) mass is 282 g/mol. The van der Waals surface area contributed by atoms with Crippen LogP contribution in [-0.4, -0.2) is 17.0 Å². The Balaban J connectivity index is 2.14. The summed E-state index contributed by atoms with van der Waals surface area (Å²) in [6.45, 7) is 0. The third-order valence-electron chi connectivity index (χ3n) is 3.65. The molecule has 2 atom stereocenters. The van der Waals surface area contributed by atoms with Crippen LogP contribution < -0.4 is 10.6 Å². The Hall–Kier alpha value is -2.66. The first-order chi connectivity index (χ1) is 10.1. The maximum Gasteiger partial charge on any atom is 0.322 e. The van der Waals surface area contributed by atoms with E-state index in [1.54, 1.807) is 54.6 Å². The van der Waals surface area contributed by atoms with Crippen LogP contribution in [0.4, 0.5) is 4.79 Å². The number of imide groups is 1. The van der Waals surface area contributed by atoms with Crippen LogP contribution in [0, 0.1) is 0 Å². The van der Waals surface area contributed by atoms with Crippen LogP contribution in [0.5, 0.6) is 0 Å². The van der Waals surface area contributed by atoms with Crippen LogP contribution in [0.25, 0.3) is 0 Å². The van der Waals surface area contributed by atoms with Gasteiger partial charge in [-0.1, -0.05) is 60.7 Å². The van der Waals surface area contributed by atoms with Crippen molar-refractivity contribution in [2.24, 2.45) is 0 Å². The quantitative estimate of drug-likeness (QED) is 0.746. The summed E-state index contributed by atoms with van der Waals surface area (Å²) < 4.78 is 0. The number of hydrogen-bond donors (Lipinski definition) is 3. The summed E-state index contributed by atoms with van der Waals surface area (Å²) in [6.07, 6.45) is -1.19. The van der Waals surface area contributed by atoms with Crippen molar-refractivity contribution >= 4 is 11.9 Å². The number of benzene rings is 2.